The number of carbonyl (C=O) groups is 2. The second-order valence-electron chi connectivity index (χ2n) is 6.81. The first-order chi connectivity index (χ1) is 12.5. The Kier molecular flexibility index (Phi) is 6.16. The molecule has 1 heterocycles. The number of Topliss-reactive ketones (excluding diaryl/α,β-unsaturated/α-hetero) is 1. The van der Waals surface area contributed by atoms with Gasteiger partial charge in [0.05, 0.1) is 12.2 Å². The van der Waals surface area contributed by atoms with E-state index >= 15 is 0 Å². The van der Waals surface area contributed by atoms with Crippen molar-refractivity contribution in [3.8, 4) is 0 Å². The van der Waals surface area contributed by atoms with Gasteiger partial charge < -0.3 is 10.1 Å². The molecule has 0 amide bonds. The largest absolute Gasteiger partial charge is 0.462 e. The minimum absolute atomic E-state index is 0.133. The van der Waals surface area contributed by atoms with Gasteiger partial charge in [-0.25, -0.2) is 4.79 Å². The van der Waals surface area contributed by atoms with E-state index in [-0.39, 0.29) is 17.7 Å². The summed E-state index contributed by atoms with van der Waals surface area (Å²) in [7, 11) is 0. The standard InChI is InChI=1S/C21H24INO3/c1-3-4-11-26-21(25)18-13(2)23-16-9-6-10-17(24)20(16)19(18)14-7-5-8-15(22)12-14/h5,7-8,12,19,23H,3-4,6,9-11H2,1-2H3/t19-/m0/s1. The molecular formula is C21H24INO3. The highest BCUT2D eigenvalue weighted by molar-refractivity contribution is 14.1. The molecule has 26 heavy (non-hydrogen) atoms. The van der Waals surface area contributed by atoms with Gasteiger partial charge in [0.1, 0.15) is 0 Å². The molecule has 0 bridgehead atoms. The van der Waals surface area contributed by atoms with E-state index in [9.17, 15) is 9.59 Å². The Balaban J connectivity index is 2.06. The van der Waals surface area contributed by atoms with Gasteiger partial charge in [-0.05, 0) is 66.5 Å². The summed E-state index contributed by atoms with van der Waals surface area (Å²) in [6.45, 7) is 4.37. The highest BCUT2D eigenvalue weighted by Gasteiger charge is 2.39. The Bertz CT molecular complexity index is 794. The fraction of sp³-hybridized carbons (Fsp3) is 0.429. The zero-order chi connectivity index (χ0) is 18.7. The van der Waals surface area contributed by atoms with Crippen LogP contribution in [-0.2, 0) is 14.3 Å². The fourth-order valence-electron chi connectivity index (χ4n) is 3.66. The van der Waals surface area contributed by atoms with Crippen LogP contribution in [0.1, 0.15) is 57.4 Å². The summed E-state index contributed by atoms with van der Waals surface area (Å²) in [5.74, 6) is -0.533. The summed E-state index contributed by atoms with van der Waals surface area (Å²) in [5.41, 5.74) is 4.04. The monoisotopic (exact) mass is 465 g/mol. The normalized spacial score (nSPS) is 20.0. The Morgan fingerprint density at radius 3 is 2.88 bits per heavy atom. The third-order valence-corrected chi connectivity index (χ3v) is 5.58. The first-order valence-electron chi connectivity index (χ1n) is 9.19. The van der Waals surface area contributed by atoms with E-state index < -0.39 is 0 Å². The van der Waals surface area contributed by atoms with E-state index in [1.165, 1.54) is 0 Å². The Morgan fingerprint density at radius 2 is 2.15 bits per heavy atom. The number of ether oxygens (including phenoxy) is 1. The van der Waals surface area contributed by atoms with Gasteiger partial charge in [-0.2, -0.15) is 0 Å². The molecular weight excluding hydrogens is 441 g/mol. The number of halogens is 1. The van der Waals surface area contributed by atoms with Gasteiger partial charge in [-0.3, -0.25) is 4.79 Å². The number of carbonyl (C=O) groups excluding carboxylic acids is 2. The van der Waals surface area contributed by atoms with Gasteiger partial charge >= 0.3 is 5.97 Å². The maximum absolute atomic E-state index is 12.9. The summed E-state index contributed by atoms with van der Waals surface area (Å²) >= 11 is 2.26. The van der Waals surface area contributed by atoms with Crippen molar-refractivity contribution in [2.75, 3.05) is 6.61 Å². The number of rotatable bonds is 5. The van der Waals surface area contributed by atoms with Gasteiger partial charge in [0.2, 0.25) is 0 Å². The van der Waals surface area contributed by atoms with Gasteiger partial charge in [0, 0.05) is 32.9 Å². The fourth-order valence-corrected chi connectivity index (χ4v) is 4.23. The van der Waals surface area contributed by atoms with Crippen LogP contribution >= 0.6 is 22.6 Å². The number of benzene rings is 1. The van der Waals surface area contributed by atoms with Crippen LogP contribution in [0.25, 0.3) is 0 Å². The van der Waals surface area contributed by atoms with Crippen molar-refractivity contribution in [3.05, 3.63) is 55.9 Å². The molecule has 1 aromatic carbocycles. The lowest BCUT2D eigenvalue weighted by molar-refractivity contribution is -0.139. The summed E-state index contributed by atoms with van der Waals surface area (Å²) in [6, 6.07) is 8.04. The van der Waals surface area contributed by atoms with Crippen molar-refractivity contribution in [2.24, 2.45) is 0 Å². The molecule has 1 aliphatic carbocycles. The molecule has 0 saturated heterocycles. The Hall–Kier alpha value is -1.63. The van der Waals surface area contributed by atoms with Crippen molar-refractivity contribution < 1.29 is 14.3 Å². The average Bonchev–Trinajstić information content (AvgIpc) is 2.61. The number of hydrogen-bond acceptors (Lipinski definition) is 4. The first-order valence-corrected chi connectivity index (χ1v) is 10.3. The van der Waals surface area contributed by atoms with Crippen molar-refractivity contribution in [1.29, 1.82) is 0 Å². The van der Waals surface area contributed by atoms with Crippen molar-refractivity contribution in [3.63, 3.8) is 0 Å². The molecule has 1 aromatic rings. The molecule has 3 rings (SSSR count). The average molecular weight is 465 g/mol. The maximum atomic E-state index is 12.9. The summed E-state index contributed by atoms with van der Waals surface area (Å²) < 4.78 is 6.60. The van der Waals surface area contributed by atoms with Gasteiger partial charge in [0.25, 0.3) is 0 Å². The number of ketones is 1. The molecule has 0 fully saturated rings. The van der Waals surface area contributed by atoms with E-state index in [0.29, 0.717) is 18.6 Å². The van der Waals surface area contributed by atoms with Crippen molar-refractivity contribution in [2.45, 2.75) is 51.9 Å². The second-order valence-corrected chi connectivity index (χ2v) is 8.06. The van der Waals surface area contributed by atoms with Crippen LogP contribution in [-0.4, -0.2) is 18.4 Å². The topological polar surface area (TPSA) is 55.4 Å². The number of unbranched alkanes of at least 4 members (excludes halogenated alkanes) is 1. The summed E-state index contributed by atoms with van der Waals surface area (Å²) in [6.07, 6.45) is 4.05. The van der Waals surface area contributed by atoms with Crippen LogP contribution in [0.3, 0.4) is 0 Å². The lowest BCUT2D eigenvalue weighted by atomic mass is 9.75. The molecule has 1 aliphatic heterocycles. The van der Waals surface area contributed by atoms with Gasteiger partial charge in [-0.1, -0.05) is 25.5 Å². The lowest BCUT2D eigenvalue weighted by Gasteiger charge is -2.34. The predicted molar refractivity (Wildman–Crippen MR) is 109 cm³/mol. The molecule has 5 heteroatoms. The van der Waals surface area contributed by atoms with Gasteiger partial charge in [-0.15, -0.1) is 0 Å². The summed E-state index contributed by atoms with van der Waals surface area (Å²) in [4.78, 5) is 25.6. The third kappa shape index (κ3) is 3.87. The molecule has 0 saturated carbocycles. The molecule has 0 unspecified atom stereocenters. The zero-order valence-corrected chi connectivity index (χ0v) is 17.4. The van der Waals surface area contributed by atoms with Crippen LogP contribution in [0.15, 0.2) is 46.8 Å². The minimum atomic E-state index is -0.345. The van der Waals surface area contributed by atoms with E-state index in [1.54, 1.807) is 0 Å². The molecule has 0 spiro atoms. The molecule has 138 valence electrons. The molecule has 4 nitrogen and oxygen atoms in total. The summed E-state index contributed by atoms with van der Waals surface area (Å²) in [5, 5.41) is 3.32. The zero-order valence-electron chi connectivity index (χ0n) is 15.2. The predicted octanol–water partition coefficient (Wildman–Crippen LogP) is 4.60. The second kappa shape index (κ2) is 8.37. The Morgan fingerprint density at radius 1 is 1.35 bits per heavy atom. The highest BCUT2D eigenvalue weighted by Crippen LogP contribution is 2.42. The number of hydrogen-bond donors (Lipinski definition) is 1. The number of esters is 1. The lowest BCUT2D eigenvalue weighted by Crippen LogP contribution is -2.34. The van der Waals surface area contributed by atoms with E-state index in [0.717, 1.165) is 51.8 Å². The van der Waals surface area contributed by atoms with Crippen LogP contribution in [0.4, 0.5) is 0 Å². The molecule has 1 atom stereocenters. The molecule has 0 radical (unpaired) electrons. The molecule has 0 aromatic heterocycles. The van der Waals surface area contributed by atoms with Crippen LogP contribution in [0, 0.1) is 3.57 Å². The molecule has 2 aliphatic rings. The van der Waals surface area contributed by atoms with Crippen molar-refractivity contribution >= 4 is 34.3 Å². The number of nitrogens with one attached hydrogen (secondary N) is 1. The van der Waals surface area contributed by atoms with E-state index in [2.05, 4.69) is 40.9 Å². The minimum Gasteiger partial charge on any atom is -0.462 e. The van der Waals surface area contributed by atoms with Crippen LogP contribution < -0.4 is 5.32 Å². The highest BCUT2D eigenvalue weighted by atomic mass is 127. The number of dihydropyridines is 1. The smallest absolute Gasteiger partial charge is 0.336 e. The maximum Gasteiger partial charge on any atom is 0.336 e. The quantitative estimate of drug-likeness (QED) is 0.392. The van der Waals surface area contributed by atoms with E-state index in [4.69, 9.17) is 4.74 Å². The van der Waals surface area contributed by atoms with Crippen molar-refractivity contribution in [1.82, 2.24) is 5.32 Å². The Labute approximate surface area is 168 Å². The number of allylic oxidation sites excluding steroid dienone is 3. The van der Waals surface area contributed by atoms with Gasteiger partial charge in [0.15, 0.2) is 5.78 Å². The van der Waals surface area contributed by atoms with Crippen LogP contribution in [0.5, 0.6) is 0 Å². The SMILES string of the molecule is CCCCOC(=O)C1=C(C)NC2=C(C(=O)CCC2)[C@H]1c1cccc(I)c1. The van der Waals surface area contributed by atoms with Crippen LogP contribution in [0.2, 0.25) is 0 Å². The first kappa shape index (κ1) is 19.1. The van der Waals surface area contributed by atoms with E-state index in [1.807, 2.05) is 25.1 Å². The molecule has 1 N–H and O–H groups in total. The third-order valence-electron chi connectivity index (χ3n) is 4.91.